The van der Waals surface area contributed by atoms with Gasteiger partial charge in [-0.1, -0.05) is 0 Å². The smallest absolute Gasteiger partial charge is 0.269 e. The molecule has 0 spiro atoms. The average Bonchev–Trinajstić information content (AvgIpc) is 2.27. The van der Waals surface area contributed by atoms with E-state index in [1.807, 2.05) is 6.07 Å². The van der Waals surface area contributed by atoms with Gasteiger partial charge >= 0.3 is 0 Å². The first-order valence-corrected chi connectivity index (χ1v) is 4.24. The summed E-state index contributed by atoms with van der Waals surface area (Å²) in [6.45, 7) is 1.49. The maximum Gasteiger partial charge on any atom is 0.269 e. The molecule has 5 nitrogen and oxygen atoms in total. The zero-order valence-corrected chi connectivity index (χ0v) is 8.01. The Labute approximate surface area is 86.1 Å². The summed E-state index contributed by atoms with van der Waals surface area (Å²) in [7, 11) is 0. The van der Waals surface area contributed by atoms with E-state index in [0.29, 0.717) is 5.56 Å². The predicted octanol–water partition coefficient (Wildman–Crippen LogP) is 1.94. The van der Waals surface area contributed by atoms with Crippen molar-refractivity contribution in [1.29, 1.82) is 5.26 Å². The van der Waals surface area contributed by atoms with E-state index in [0.717, 1.165) is 0 Å². The molecule has 0 saturated carbocycles. The highest BCUT2D eigenvalue weighted by Crippen LogP contribution is 2.14. The van der Waals surface area contributed by atoms with E-state index in [4.69, 9.17) is 5.26 Å². The zero-order chi connectivity index (χ0) is 11.4. The quantitative estimate of drug-likeness (QED) is 0.427. The normalized spacial score (nSPS) is 11.5. The van der Waals surface area contributed by atoms with Gasteiger partial charge in [-0.3, -0.25) is 14.9 Å². The van der Waals surface area contributed by atoms with Crippen molar-refractivity contribution in [1.82, 2.24) is 0 Å². The first kappa shape index (κ1) is 10.9. The molecule has 0 radical (unpaired) electrons. The fourth-order valence-electron chi connectivity index (χ4n) is 1.06. The molecular weight excluding hydrogens is 196 g/mol. The minimum absolute atomic E-state index is 0.0730. The van der Waals surface area contributed by atoms with Gasteiger partial charge < -0.3 is 0 Å². The first-order chi connectivity index (χ1) is 7.06. The Balaban J connectivity index is 2.95. The van der Waals surface area contributed by atoms with Gasteiger partial charge in [-0.05, 0) is 19.1 Å². The number of Topliss-reactive ketones (excluding diaryl/α,β-unsaturated/α-hetero) is 1. The lowest BCUT2D eigenvalue weighted by molar-refractivity contribution is -0.384. The van der Waals surface area contributed by atoms with Gasteiger partial charge in [-0.25, -0.2) is 0 Å². The fraction of sp³-hybridized carbons (Fsp3) is 0.200. The number of nitro benzene ring substituents is 1. The minimum Gasteiger partial charge on any atom is -0.293 e. The third-order valence-electron chi connectivity index (χ3n) is 1.95. The Kier molecular flexibility index (Phi) is 3.13. The van der Waals surface area contributed by atoms with Crippen molar-refractivity contribution in [3.05, 3.63) is 39.9 Å². The van der Waals surface area contributed by atoms with E-state index in [-0.39, 0.29) is 11.5 Å². The molecule has 0 bridgehead atoms. The third-order valence-corrected chi connectivity index (χ3v) is 1.95. The van der Waals surface area contributed by atoms with E-state index in [1.165, 1.54) is 31.2 Å². The molecule has 1 aromatic carbocycles. The number of carbonyl (C=O) groups is 1. The van der Waals surface area contributed by atoms with Gasteiger partial charge in [0.15, 0.2) is 5.78 Å². The standard InChI is InChI=1S/C10H8N2O3/c1-7(6-11)10(13)8-2-4-9(5-3-8)12(14)15/h2-5,7H,1H3. The summed E-state index contributed by atoms with van der Waals surface area (Å²) in [5, 5.41) is 18.9. The van der Waals surface area contributed by atoms with E-state index < -0.39 is 10.8 Å². The number of nitriles is 1. The van der Waals surface area contributed by atoms with Crippen molar-refractivity contribution >= 4 is 11.5 Å². The number of non-ortho nitro benzene ring substituents is 1. The van der Waals surface area contributed by atoms with Gasteiger partial charge in [0.25, 0.3) is 5.69 Å². The number of ketones is 1. The maximum atomic E-state index is 11.5. The Morgan fingerprint density at radius 3 is 2.40 bits per heavy atom. The molecule has 0 saturated heterocycles. The molecule has 0 N–H and O–H groups in total. The molecule has 0 amide bonds. The molecule has 1 unspecified atom stereocenters. The van der Waals surface area contributed by atoms with Gasteiger partial charge in [0.05, 0.1) is 11.0 Å². The lowest BCUT2D eigenvalue weighted by Gasteiger charge is -2.00. The van der Waals surface area contributed by atoms with E-state index in [1.54, 1.807) is 0 Å². The summed E-state index contributed by atoms with van der Waals surface area (Å²) in [6.07, 6.45) is 0. The molecule has 1 atom stereocenters. The van der Waals surface area contributed by atoms with Crippen LogP contribution in [0.25, 0.3) is 0 Å². The second-order valence-electron chi connectivity index (χ2n) is 3.02. The molecule has 76 valence electrons. The van der Waals surface area contributed by atoms with Crippen LogP contribution >= 0.6 is 0 Å². The molecule has 0 aliphatic carbocycles. The molecule has 1 rings (SSSR count). The minimum atomic E-state index is -0.730. The highest BCUT2D eigenvalue weighted by molar-refractivity contribution is 5.99. The van der Waals surface area contributed by atoms with Crippen LogP contribution in [-0.2, 0) is 0 Å². The van der Waals surface area contributed by atoms with Gasteiger partial charge in [0.2, 0.25) is 0 Å². The van der Waals surface area contributed by atoms with Crippen LogP contribution < -0.4 is 0 Å². The van der Waals surface area contributed by atoms with E-state index >= 15 is 0 Å². The lowest BCUT2D eigenvalue weighted by atomic mass is 10.0. The topological polar surface area (TPSA) is 84.0 Å². The van der Waals surface area contributed by atoms with Crippen molar-refractivity contribution in [2.75, 3.05) is 0 Å². The summed E-state index contributed by atoms with van der Waals surface area (Å²) >= 11 is 0. The van der Waals surface area contributed by atoms with Crippen LogP contribution in [0, 0.1) is 27.4 Å². The second-order valence-corrected chi connectivity index (χ2v) is 3.02. The number of nitro groups is 1. The monoisotopic (exact) mass is 204 g/mol. The molecular formula is C10H8N2O3. The molecule has 0 aliphatic rings. The van der Waals surface area contributed by atoms with Crippen LogP contribution in [0.5, 0.6) is 0 Å². The molecule has 0 heterocycles. The molecule has 0 fully saturated rings. The van der Waals surface area contributed by atoms with Gasteiger partial charge in [0.1, 0.15) is 5.92 Å². The lowest BCUT2D eigenvalue weighted by Crippen LogP contribution is -2.08. The highest BCUT2D eigenvalue weighted by atomic mass is 16.6. The van der Waals surface area contributed by atoms with Crippen LogP contribution in [0.2, 0.25) is 0 Å². The summed E-state index contributed by atoms with van der Waals surface area (Å²) in [5.41, 5.74) is 0.241. The van der Waals surface area contributed by atoms with E-state index in [9.17, 15) is 14.9 Å². The Morgan fingerprint density at radius 2 is 2.00 bits per heavy atom. The Morgan fingerprint density at radius 1 is 1.47 bits per heavy atom. The van der Waals surface area contributed by atoms with Crippen molar-refractivity contribution in [3.8, 4) is 6.07 Å². The fourth-order valence-corrected chi connectivity index (χ4v) is 1.06. The maximum absolute atomic E-state index is 11.5. The summed E-state index contributed by atoms with van der Waals surface area (Å²) in [5.74, 6) is -1.06. The summed E-state index contributed by atoms with van der Waals surface area (Å²) < 4.78 is 0. The van der Waals surface area contributed by atoms with Crippen LogP contribution in [-0.4, -0.2) is 10.7 Å². The molecule has 5 heteroatoms. The van der Waals surface area contributed by atoms with E-state index in [2.05, 4.69) is 0 Å². The van der Waals surface area contributed by atoms with Crippen LogP contribution in [0.3, 0.4) is 0 Å². The van der Waals surface area contributed by atoms with Crippen molar-refractivity contribution in [2.45, 2.75) is 6.92 Å². The molecule has 15 heavy (non-hydrogen) atoms. The first-order valence-electron chi connectivity index (χ1n) is 4.24. The van der Waals surface area contributed by atoms with Gasteiger partial charge in [0, 0.05) is 17.7 Å². The summed E-state index contributed by atoms with van der Waals surface area (Å²) in [6, 6.07) is 7.02. The van der Waals surface area contributed by atoms with Crippen LogP contribution in [0.1, 0.15) is 17.3 Å². The third kappa shape index (κ3) is 2.38. The number of rotatable bonds is 3. The Bertz CT molecular complexity index is 431. The van der Waals surface area contributed by atoms with Gasteiger partial charge in [-0.2, -0.15) is 5.26 Å². The zero-order valence-electron chi connectivity index (χ0n) is 8.01. The predicted molar refractivity (Wildman–Crippen MR) is 52.2 cm³/mol. The van der Waals surface area contributed by atoms with Crippen molar-refractivity contribution in [3.63, 3.8) is 0 Å². The SMILES string of the molecule is CC(C#N)C(=O)c1ccc([N+](=O)[O-])cc1. The van der Waals surface area contributed by atoms with Crippen LogP contribution in [0.15, 0.2) is 24.3 Å². The number of carbonyl (C=O) groups excluding carboxylic acids is 1. The number of nitrogens with zero attached hydrogens (tertiary/aromatic N) is 2. The van der Waals surface area contributed by atoms with Crippen LogP contribution in [0.4, 0.5) is 5.69 Å². The molecule has 1 aromatic rings. The molecule has 0 aliphatic heterocycles. The summed E-state index contributed by atoms with van der Waals surface area (Å²) in [4.78, 5) is 21.3. The largest absolute Gasteiger partial charge is 0.293 e. The average molecular weight is 204 g/mol. The van der Waals surface area contributed by atoms with Gasteiger partial charge in [-0.15, -0.1) is 0 Å². The number of hydrogen-bond donors (Lipinski definition) is 0. The number of hydrogen-bond acceptors (Lipinski definition) is 4. The Hall–Kier alpha value is -2.22. The highest BCUT2D eigenvalue weighted by Gasteiger charge is 2.15. The van der Waals surface area contributed by atoms with Crippen molar-refractivity contribution < 1.29 is 9.72 Å². The second kappa shape index (κ2) is 4.33. The number of benzene rings is 1. The van der Waals surface area contributed by atoms with Crippen molar-refractivity contribution in [2.24, 2.45) is 5.92 Å². The molecule has 0 aromatic heterocycles.